The summed E-state index contributed by atoms with van der Waals surface area (Å²) >= 11 is 0. The van der Waals surface area contributed by atoms with Crippen LogP contribution in [0.5, 0.6) is 5.75 Å². The highest BCUT2D eigenvalue weighted by molar-refractivity contribution is 6.09. The van der Waals surface area contributed by atoms with E-state index in [0.29, 0.717) is 28.1 Å². The minimum atomic E-state index is -0.157. The number of aromatic nitrogens is 1. The highest BCUT2D eigenvalue weighted by Gasteiger charge is 2.24. The zero-order valence-electron chi connectivity index (χ0n) is 26.1. The van der Waals surface area contributed by atoms with Crippen molar-refractivity contribution in [1.29, 1.82) is 0 Å². The van der Waals surface area contributed by atoms with E-state index in [4.69, 9.17) is 4.74 Å². The topological polar surface area (TPSA) is 98.8 Å². The van der Waals surface area contributed by atoms with Crippen molar-refractivity contribution in [2.75, 3.05) is 45.7 Å². The van der Waals surface area contributed by atoms with E-state index in [0.717, 1.165) is 69.5 Å². The van der Waals surface area contributed by atoms with Gasteiger partial charge in [0.25, 0.3) is 11.8 Å². The molecule has 3 heterocycles. The number of rotatable bonds is 9. The van der Waals surface area contributed by atoms with Crippen LogP contribution in [0.1, 0.15) is 52.0 Å². The molecule has 0 aliphatic carbocycles. The average Bonchev–Trinajstić information content (AvgIpc) is 3.07. The van der Waals surface area contributed by atoms with E-state index in [1.54, 1.807) is 13.3 Å². The number of amides is 2. The standard InChI is InChI=1S/C36H42N6O3/c1-41-19-15-28(16-20-41)40-36(44)31-23-37-34-30(9-6-10-32(34)45-2)33(31)38-27-13-11-26(12-14-27)35(43)39-29-17-21-42(22-18-29)24-25-7-4-3-5-8-25/h3-14,23,28-29H,15-22,24H2,1-2H3,(H,37,38)(H,39,43)(H,40,44). The maximum atomic E-state index is 13.6. The van der Waals surface area contributed by atoms with Crippen molar-refractivity contribution >= 4 is 34.1 Å². The van der Waals surface area contributed by atoms with Gasteiger partial charge in [0.15, 0.2) is 0 Å². The molecule has 0 saturated carbocycles. The van der Waals surface area contributed by atoms with Crippen LogP contribution in [0.2, 0.25) is 0 Å². The number of carbonyl (C=O) groups is 2. The quantitative estimate of drug-likeness (QED) is 0.241. The molecular formula is C36H42N6O3. The summed E-state index contributed by atoms with van der Waals surface area (Å²) in [5.74, 6) is 0.409. The minimum Gasteiger partial charge on any atom is -0.494 e. The van der Waals surface area contributed by atoms with Crippen LogP contribution in [0.4, 0.5) is 11.4 Å². The van der Waals surface area contributed by atoms with Gasteiger partial charge in [0.05, 0.1) is 18.4 Å². The second-order valence-corrected chi connectivity index (χ2v) is 12.2. The van der Waals surface area contributed by atoms with Crippen LogP contribution in [0.3, 0.4) is 0 Å². The number of hydrogen-bond acceptors (Lipinski definition) is 7. The monoisotopic (exact) mass is 606 g/mol. The Bertz CT molecular complexity index is 1610. The second kappa shape index (κ2) is 14.1. The molecule has 1 aromatic heterocycles. The van der Waals surface area contributed by atoms with Crippen LogP contribution in [0, 0.1) is 0 Å². The van der Waals surface area contributed by atoms with E-state index in [-0.39, 0.29) is 23.9 Å². The molecule has 2 fully saturated rings. The van der Waals surface area contributed by atoms with Gasteiger partial charge in [-0.2, -0.15) is 0 Å². The van der Waals surface area contributed by atoms with Crippen LogP contribution in [0.15, 0.2) is 79.0 Å². The molecule has 0 spiro atoms. The first-order valence-electron chi connectivity index (χ1n) is 15.9. The van der Waals surface area contributed by atoms with E-state index >= 15 is 0 Å². The average molecular weight is 607 g/mol. The Kier molecular flexibility index (Phi) is 9.57. The smallest absolute Gasteiger partial charge is 0.255 e. The molecule has 9 heteroatoms. The van der Waals surface area contributed by atoms with Gasteiger partial charge in [-0.05, 0) is 81.7 Å². The van der Waals surface area contributed by atoms with Crippen LogP contribution in [0.25, 0.3) is 10.9 Å². The number of piperidine rings is 2. The molecule has 0 atom stereocenters. The summed E-state index contributed by atoms with van der Waals surface area (Å²) in [6, 6.07) is 23.9. The highest BCUT2D eigenvalue weighted by atomic mass is 16.5. The lowest BCUT2D eigenvalue weighted by molar-refractivity contribution is 0.0904. The number of nitrogens with one attached hydrogen (secondary N) is 3. The lowest BCUT2D eigenvalue weighted by Gasteiger charge is -2.32. The van der Waals surface area contributed by atoms with Gasteiger partial charge >= 0.3 is 0 Å². The summed E-state index contributed by atoms with van der Waals surface area (Å²) in [5, 5.41) is 10.7. The molecule has 2 aliphatic heterocycles. The van der Waals surface area contributed by atoms with E-state index in [1.807, 2.05) is 48.5 Å². The number of ether oxygens (including phenoxy) is 1. The Balaban J connectivity index is 1.13. The summed E-state index contributed by atoms with van der Waals surface area (Å²) in [6.07, 6.45) is 5.30. The first kappa shape index (κ1) is 30.6. The predicted octanol–water partition coefficient (Wildman–Crippen LogP) is 5.21. The molecule has 6 rings (SSSR count). The Morgan fingerprint density at radius 1 is 0.822 bits per heavy atom. The number of carbonyl (C=O) groups excluding carboxylic acids is 2. The molecule has 9 nitrogen and oxygen atoms in total. The normalized spacial score (nSPS) is 16.8. The zero-order chi connectivity index (χ0) is 31.2. The van der Waals surface area contributed by atoms with Gasteiger partial charge in [-0.3, -0.25) is 19.5 Å². The molecule has 2 aliphatic rings. The summed E-state index contributed by atoms with van der Waals surface area (Å²) < 4.78 is 5.56. The van der Waals surface area contributed by atoms with Gasteiger partial charge in [-0.25, -0.2) is 0 Å². The van der Waals surface area contributed by atoms with Crippen molar-refractivity contribution in [3.8, 4) is 5.75 Å². The Hall–Kier alpha value is -4.47. The van der Waals surface area contributed by atoms with E-state index in [1.165, 1.54) is 5.56 Å². The summed E-state index contributed by atoms with van der Waals surface area (Å²) in [4.78, 5) is 36.0. The number of anilines is 2. The first-order valence-corrected chi connectivity index (χ1v) is 15.9. The second-order valence-electron chi connectivity index (χ2n) is 12.2. The van der Waals surface area contributed by atoms with Gasteiger partial charge in [0.2, 0.25) is 0 Å². The summed E-state index contributed by atoms with van der Waals surface area (Å²) in [5.41, 5.74) is 4.49. The SMILES string of the molecule is COc1cccc2c(Nc3ccc(C(=O)NC4CCN(Cc5ccccc5)CC4)cc3)c(C(=O)NC3CCN(C)CC3)cnc12. The van der Waals surface area contributed by atoms with Gasteiger partial charge in [-0.15, -0.1) is 0 Å². The lowest BCUT2D eigenvalue weighted by atomic mass is 10.0. The Labute approximate surface area is 265 Å². The summed E-state index contributed by atoms with van der Waals surface area (Å²) in [7, 11) is 3.72. The number of nitrogens with zero attached hydrogens (tertiary/aromatic N) is 3. The van der Waals surface area contributed by atoms with Crippen molar-refractivity contribution in [2.24, 2.45) is 0 Å². The number of benzene rings is 3. The van der Waals surface area contributed by atoms with Crippen molar-refractivity contribution in [3.63, 3.8) is 0 Å². The van der Waals surface area contributed by atoms with Gasteiger partial charge in [0.1, 0.15) is 11.3 Å². The maximum absolute atomic E-state index is 13.6. The van der Waals surface area contributed by atoms with Crippen molar-refractivity contribution < 1.29 is 14.3 Å². The van der Waals surface area contributed by atoms with Crippen LogP contribution in [-0.2, 0) is 6.54 Å². The molecule has 2 saturated heterocycles. The molecule has 3 N–H and O–H groups in total. The van der Waals surface area contributed by atoms with Crippen molar-refractivity contribution in [1.82, 2.24) is 25.4 Å². The molecular weight excluding hydrogens is 564 g/mol. The fraction of sp³-hybridized carbons (Fsp3) is 0.361. The van der Waals surface area contributed by atoms with Crippen LogP contribution in [-0.4, -0.2) is 79.0 Å². The van der Waals surface area contributed by atoms with E-state index in [9.17, 15) is 9.59 Å². The highest BCUT2D eigenvalue weighted by Crippen LogP contribution is 2.34. The molecule has 234 valence electrons. The van der Waals surface area contributed by atoms with Crippen LogP contribution < -0.4 is 20.7 Å². The largest absolute Gasteiger partial charge is 0.494 e. The predicted molar refractivity (Wildman–Crippen MR) is 178 cm³/mol. The Morgan fingerprint density at radius 3 is 2.18 bits per heavy atom. The fourth-order valence-corrected chi connectivity index (χ4v) is 6.28. The molecule has 0 unspecified atom stereocenters. The van der Waals surface area contributed by atoms with Gasteiger partial charge in [0, 0.05) is 54.6 Å². The first-order chi connectivity index (χ1) is 22.0. The molecule has 0 radical (unpaired) electrons. The third-order valence-electron chi connectivity index (χ3n) is 8.97. The molecule has 3 aromatic carbocycles. The van der Waals surface area contributed by atoms with Gasteiger partial charge in [-0.1, -0.05) is 42.5 Å². The van der Waals surface area contributed by atoms with Crippen molar-refractivity contribution in [3.05, 3.63) is 95.7 Å². The number of methoxy groups -OCH3 is 1. The summed E-state index contributed by atoms with van der Waals surface area (Å²) in [6.45, 7) is 4.77. The van der Waals surface area contributed by atoms with Crippen molar-refractivity contribution in [2.45, 2.75) is 44.3 Å². The Morgan fingerprint density at radius 2 is 1.49 bits per heavy atom. The minimum absolute atomic E-state index is 0.0691. The van der Waals surface area contributed by atoms with Crippen LogP contribution >= 0.6 is 0 Å². The lowest BCUT2D eigenvalue weighted by Crippen LogP contribution is -2.44. The number of pyridine rings is 1. The van der Waals surface area contributed by atoms with E-state index in [2.05, 4.69) is 62.0 Å². The zero-order valence-corrected chi connectivity index (χ0v) is 26.1. The molecule has 0 bridgehead atoms. The van der Waals surface area contributed by atoms with E-state index < -0.39 is 0 Å². The van der Waals surface area contributed by atoms with Gasteiger partial charge < -0.3 is 25.6 Å². The molecule has 4 aromatic rings. The third-order valence-corrected chi connectivity index (χ3v) is 8.97. The number of fused-ring (bicyclic) bond motifs is 1. The third kappa shape index (κ3) is 7.44. The maximum Gasteiger partial charge on any atom is 0.255 e. The number of hydrogen-bond donors (Lipinski definition) is 3. The molecule has 2 amide bonds. The fourth-order valence-electron chi connectivity index (χ4n) is 6.28. The number of para-hydroxylation sites is 1. The molecule has 45 heavy (non-hydrogen) atoms. The number of likely N-dealkylation sites (tertiary alicyclic amines) is 2.